The molecule has 0 spiro atoms. The second-order valence-corrected chi connectivity index (χ2v) is 9.92. The quantitative estimate of drug-likeness (QED) is 0.406. The number of nitrogens with one attached hydrogen (secondary N) is 2. The van der Waals surface area contributed by atoms with Crippen molar-refractivity contribution in [3.05, 3.63) is 64.7 Å². The maximum absolute atomic E-state index is 3.86. The molecule has 0 aromatic heterocycles. The Morgan fingerprint density at radius 1 is 0.567 bits per heavy atom. The molecule has 2 heteroatoms. The number of benzene rings is 2. The minimum absolute atomic E-state index is 0.211. The Bertz CT molecular complexity index is 695. The molecule has 0 aliphatic heterocycles. The van der Waals surface area contributed by atoms with Gasteiger partial charge in [-0.3, -0.25) is 0 Å². The second-order valence-electron chi connectivity index (χ2n) is 9.92. The topological polar surface area (TPSA) is 24.1 Å². The molecule has 0 aliphatic carbocycles. The van der Waals surface area contributed by atoms with Gasteiger partial charge in [-0.05, 0) is 45.9 Å². The summed E-state index contributed by atoms with van der Waals surface area (Å²) in [5.74, 6) is 1.94. The lowest BCUT2D eigenvalue weighted by atomic mass is 9.91. The Morgan fingerprint density at radius 3 is 1.23 bits per heavy atom. The summed E-state index contributed by atoms with van der Waals surface area (Å²) in [6.07, 6.45) is 0. The van der Waals surface area contributed by atoms with Crippen molar-refractivity contribution in [3.63, 3.8) is 0 Å². The van der Waals surface area contributed by atoms with Crippen LogP contribution in [0.15, 0.2) is 36.4 Å². The average molecular weight is 408 g/mol. The van der Waals surface area contributed by atoms with Gasteiger partial charge >= 0.3 is 0 Å². The number of hydrogen-bond acceptors (Lipinski definition) is 2. The molecule has 0 fully saturated rings. The fourth-order valence-corrected chi connectivity index (χ4v) is 4.04. The molecular formula is C28H43N2-. The van der Waals surface area contributed by atoms with Crippen LogP contribution >= 0.6 is 0 Å². The van der Waals surface area contributed by atoms with Crippen molar-refractivity contribution in [3.8, 4) is 0 Å². The van der Waals surface area contributed by atoms with E-state index in [4.69, 9.17) is 0 Å². The number of hydrogen-bond donors (Lipinski definition) is 2. The van der Waals surface area contributed by atoms with Gasteiger partial charge in [-0.15, -0.1) is 0 Å². The van der Waals surface area contributed by atoms with Gasteiger partial charge in [-0.1, -0.05) is 105 Å². The summed E-state index contributed by atoms with van der Waals surface area (Å²) in [7, 11) is 0. The average Bonchev–Trinajstić information content (AvgIpc) is 2.67. The van der Waals surface area contributed by atoms with Gasteiger partial charge in [0.1, 0.15) is 0 Å². The molecule has 0 amide bonds. The Kier molecular flexibility index (Phi) is 8.41. The van der Waals surface area contributed by atoms with Crippen molar-refractivity contribution in [1.82, 2.24) is 0 Å². The van der Waals surface area contributed by atoms with E-state index >= 15 is 0 Å². The summed E-state index contributed by atoms with van der Waals surface area (Å²) >= 11 is 0. The van der Waals surface area contributed by atoms with E-state index in [1.165, 1.54) is 39.7 Å². The predicted molar refractivity (Wildman–Crippen MR) is 135 cm³/mol. The SMILES string of the molecule is C[C-](Nc1c(C(C)C)cccc1C(C)C)C(C)Nc1c(C(C)C)cccc1C(C)C. The van der Waals surface area contributed by atoms with Crippen LogP contribution in [0.3, 0.4) is 0 Å². The van der Waals surface area contributed by atoms with Crippen LogP contribution in [0, 0.1) is 6.04 Å². The van der Waals surface area contributed by atoms with E-state index in [1.807, 2.05) is 0 Å². The smallest absolute Gasteiger partial charge is 0.0389 e. The normalized spacial score (nSPS) is 13.0. The van der Waals surface area contributed by atoms with E-state index in [0.29, 0.717) is 23.7 Å². The third kappa shape index (κ3) is 5.59. The van der Waals surface area contributed by atoms with Crippen LogP contribution in [-0.2, 0) is 0 Å². The molecule has 0 bridgehead atoms. The zero-order valence-corrected chi connectivity index (χ0v) is 20.9. The minimum Gasteiger partial charge on any atom is -0.530 e. The van der Waals surface area contributed by atoms with E-state index in [1.54, 1.807) is 0 Å². The maximum Gasteiger partial charge on any atom is 0.0389 e. The first kappa shape index (κ1) is 24.3. The van der Waals surface area contributed by atoms with Crippen molar-refractivity contribution in [2.75, 3.05) is 10.6 Å². The first-order valence-corrected chi connectivity index (χ1v) is 11.7. The van der Waals surface area contributed by atoms with E-state index < -0.39 is 0 Å². The highest BCUT2D eigenvalue weighted by Gasteiger charge is 2.16. The third-order valence-electron chi connectivity index (χ3n) is 6.08. The zero-order valence-electron chi connectivity index (χ0n) is 20.9. The van der Waals surface area contributed by atoms with Crippen LogP contribution in [0.4, 0.5) is 11.4 Å². The van der Waals surface area contributed by atoms with Crippen LogP contribution < -0.4 is 10.6 Å². The summed E-state index contributed by atoms with van der Waals surface area (Å²) in [6, 6.07) is 14.9. The molecule has 2 N–H and O–H groups in total. The second kappa shape index (κ2) is 10.4. The van der Waals surface area contributed by atoms with Gasteiger partial charge in [0, 0.05) is 11.4 Å². The molecule has 30 heavy (non-hydrogen) atoms. The van der Waals surface area contributed by atoms with Crippen LogP contribution in [0.1, 0.15) is 115 Å². The van der Waals surface area contributed by atoms with Crippen molar-refractivity contribution < 1.29 is 0 Å². The molecule has 1 atom stereocenters. The molecule has 2 aromatic carbocycles. The zero-order chi connectivity index (χ0) is 22.6. The molecular weight excluding hydrogens is 364 g/mol. The Morgan fingerprint density at radius 2 is 0.900 bits per heavy atom. The molecule has 0 aliphatic rings. The highest BCUT2D eigenvalue weighted by Crippen LogP contribution is 2.36. The Hall–Kier alpha value is -1.96. The maximum atomic E-state index is 3.86. The standard InChI is InChI=1S/C28H43N2/c1-17(2)23-13-11-14-24(18(3)4)27(23)29-21(9)22(10)30-28-25(19(5)6)15-12-16-26(28)20(7)8/h11-21,29-30H,1-10H3/q-1. The lowest BCUT2D eigenvalue weighted by Gasteiger charge is -2.40. The van der Waals surface area contributed by atoms with Crippen molar-refractivity contribution >= 4 is 11.4 Å². The molecule has 0 saturated heterocycles. The van der Waals surface area contributed by atoms with Crippen LogP contribution in [0.5, 0.6) is 0 Å². The summed E-state index contributed by atoms with van der Waals surface area (Å²) in [6.45, 7) is 22.7. The van der Waals surface area contributed by atoms with Crippen molar-refractivity contribution in [2.24, 2.45) is 0 Å². The van der Waals surface area contributed by atoms with Crippen molar-refractivity contribution in [1.29, 1.82) is 0 Å². The van der Waals surface area contributed by atoms with Crippen LogP contribution in [0.2, 0.25) is 0 Å². The van der Waals surface area contributed by atoms with E-state index in [2.05, 4.69) is 116 Å². The highest BCUT2D eigenvalue weighted by atomic mass is 15.0. The third-order valence-corrected chi connectivity index (χ3v) is 6.08. The largest absolute Gasteiger partial charge is 0.530 e. The lowest BCUT2D eigenvalue weighted by Crippen LogP contribution is -2.29. The fraction of sp³-hybridized carbons (Fsp3) is 0.536. The number of rotatable bonds is 9. The van der Waals surface area contributed by atoms with Gasteiger partial charge < -0.3 is 10.6 Å². The van der Waals surface area contributed by atoms with E-state index in [-0.39, 0.29) is 6.04 Å². The number of anilines is 2. The molecule has 2 nitrogen and oxygen atoms in total. The molecule has 166 valence electrons. The van der Waals surface area contributed by atoms with E-state index in [0.717, 1.165) is 0 Å². The van der Waals surface area contributed by atoms with E-state index in [9.17, 15) is 0 Å². The molecule has 0 saturated carbocycles. The Balaban J connectivity index is 2.34. The van der Waals surface area contributed by atoms with Crippen LogP contribution in [-0.4, -0.2) is 6.04 Å². The van der Waals surface area contributed by atoms with Gasteiger partial charge in [0.25, 0.3) is 0 Å². The molecule has 2 aromatic rings. The highest BCUT2D eigenvalue weighted by molar-refractivity contribution is 5.64. The first-order valence-electron chi connectivity index (χ1n) is 11.7. The monoisotopic (exact) mass is 407 g/mol. The summed E-state index contributed by atoms with van der Waals surface area (Å²) < 4.78 is 0. The van der Waals surface area contributed by atoms with Gasteiger partial charge in [-0.25, -0.2) is 6.04 Å². The number of para-hydroxylation sites is 2. The predicted octanol–water partition coefficient (Wildman–Crippen LogP) is 8.64. The molecule has 0 heterocycles. The molecule has 2 rings (SSSR count). The van der Waals surface area contributed by atoms with Gasteiger partial charge in [0.05, 0.1) is 0 Å². The van der Waals surface area contributed by atoms with Crippen LogP contribution in [0.25, 0.3) is 0 Å². The Labute approximate surface area is 185 Å². The summed E-state index contributed by atoms with van der Waals surface area (Å²) in [5.41, 5.74) is 8.15. The summed E-state index contributed by atoms with van der Waals surface area (Å²) in [5, 5.41) is 7.67. The minimum atomic E-state index is 0.211. The lowest BCUT2D eigenvalue weighted by molar-refractivity contribution is 0.775. The molecule has 0 radical (unpaired) electrons. The summed E-state index contributed by atoms with van der Waals surface area (Å²) in [4.78, 5) is 0. The van der Waals surface area contributed by atoms with Crippen molar-refractivity contribution in [2.45, 2.75) is 99.0 Å². The fourth-order valence-electron chi connectivity index (χ4n) is 4.04. The van der Waals surface area contributed by atoms with Gasteiger partial charge in [-0.2, -0.15) is 6.92 Å². The first-order chi connectivity index (χ1) is 14.0. The molecule has 1 unspecified atom stereocenters. The van der Waals surface area contributed by atoms with Gasteiger partial charge in [0.15, 0.2) is 0 Å². The van der Waals surface area contributed by atoms with Gasteiger partial charge in [0.2, 0.25) is 0 Å².